The predicted molar refractivity (Wildman–Crippen MR) is 147 cm³/mol. The van der Waals surface area contributed by atoms with E-state index in [-0.39, 0.29) is 37.2 Å². The van der Waals surface area contributed by atoms with Crippen molar-refractivity contribution in [1.29, 1.82) is 0 Å². The number of thioether (sulfide) groups is 1. The molecule has 0 unspecified atom stereocenters. The third-order valence-corrected chi connectivity index (χ3v) is 7.66. The van der Waals surface area contributed by atoms with Crippen molar-refractivity contribution >= 4 is 17.7 Å². The fourth-order valence-corrected chi connectivity index (χ4v) is 5.40. The Bertz CT molecular complexity index is 1150. The highest BCUT2D eigenvalue weighted by Crippen LogP contribution is 2.42. The number of nitrogens with one attached hydrogen (secondary N) is 1. The standard InChI is InChI=1S/C30H35NO5S/c1-20-28(19-37-15-14-32)35-30(36-29(20)25-8-6-22(18-33)7-9-25)26-12-10-24(11-13-26)27-5-3-4-23(16-27)17-31-21(2)34/h3-13,16,20,28-30,32-33H,14-15,17-19H2,1-2H3,(H,31,34)/t20-,28+,29+,30+/m1/s1. The fourth-order valence-electron chi connectivity index (χ4n) is 4.49. The molecule has 1 aliphatic heterocycles. The van der Waals surface area contributed by atoms with Crippen molar-refractivity contribution in [3.8, 4) is 11.1 Å². The number of hydrogen-bond donors (Lipinski definition) is 3. The number of ether oxygens (including phenoxy) is 2. The van der Waals surface area contributed by atoms with Crippen LogP contribution in [0, 0.1) is 5.92 Å². The summed E-state index contributed by atoms with van der Waals surface area (Å²) in [6.45, 7) is 4.31. The average Bonchev–Trinajstić information content (AvgIpc) is 2.93. The Kier molecular flexibility index (Phi) is 9.77. The van der Waals surface area contributed by atoms with E-state index in [0.717, 1.165) is 39.1 Å². The van der Waals surface area contributed by atoms with Gasteiger partial charge < -0.3 is 25.0 Å². The third-order valence-electron chi connectivity index (χ3n) is 6.63. The third kappa shape index (κ3) is 7.21. The van der Waals surface area contributed by atoms with Gasteiger partial charge in [0.15, 0.2) is 6.29 Å². The van der Waals surface area contributed by atoms with Crippen LogP contribution in [0.1, 0.15) is 48.5 Å². The van der Waals surface area contributed by atoms with E-state index in [9.17, 15) is 15.0 Å². The van der Waals surface area contributed by atoms with Crippen LogP contribution >= 0.6 is 11.8 Å². The van der Waals surface area contributed by atoms with Gasteiger partial charge in [-0.25, -0.2) is 0 Å². The summed E-state index contributed by atoms with van der Waals surface area (Å²) in [5.74, 6) is 1.51. The first-order valence-electron chi connectivity index (χ1n) is 12.6. The first-order chi connectivity index (χ1) is 18.0. The highest BCUT2D eigenvalue weighted by Gasteiger charge is 2.38. The fraction of sp³-hybridized carbons (Fsp3) is 0.367. The second-order valence-corrected chi connectivity index (χ2v) is 10.5. The Morgan fingerprint density at radius 1 is 0.919 bits per heavy atom. The summed E-state index contributed by atoms with van der Waals surface area (Å²) >= 11 is 1.68. The molecule has 7 heteroatoms. The molecule has 6 nitrogen and oxygen atoms in total. The molecule has 0 aromatic heterocycles. The Morgan fingerprint density at radius 2 is 1.65 bits per heavy atom. The molecule has 0 aliphatic carbocycles. The van der Waals surface area contributed by atoms with Gasteiger partial charge >= 0.3 is 0 Å². The molecule has 0 bridgehead atoms. The minimum atomic E-state index is -0.515. The van der Waals surface area contributed by atoms with Gasteiger partial charge in [0.25, 0.3) is 0 Å². The van der Waals surface area contributed by atoms with Crippen LogP contribution in [0.4, 0.5) is 0 Å². The lowest BCUT2D eigenvalue weighted by atomic mass is 9.91. The predicted octanol–water partition coefficient (Wildman–Crippen LogP) is 5.00. The number of rotatable bonds is 10. The van der Waals surface area contributed by atoms with Crippen molar-refractivity contribution in [2.45, 2.75) is 45.5 Å². The first kappa shape index (κ1) is 27.4. The van der Waals surface area contributed by atoms with Crippen molar-refractivity contribution in [3.05, 3.63) is 95.1 Å². The van der Waals surface area contributed by atoms with E-state index in [1.165, 1.54) is 6.92 Å². The second-order valence-electron chi connectivity index (χ2n) is 9.35. The minimum absolute atomic E-state index is 0.00994. The topological polar surface area (TPSA) is 88.0 Å². The number of aliphatic hydroxyl groups is 2. The SMILES string of the molecule is CC(=O)NCc1cccc(-c2ccc([C@H]3O[C@@H](CSCCO)[C@@H](C)[C@@H](c4ccc(CO)cc4)O3)cc2)c1. The van der Waals surface area contributed by atoms with E-state index in [0.29, 0.717) is 12.3 Å². The zero-order valence-corrected chi connectivity index (χ0v) is 22.1. The van der Waals surface area contributed by atoms with Gasteiger partial charge in [-0.05, 0) is 33.9 Å². The summed E-state index contributed by atoms with van der Waals surface area (Å²) in [6.07, 6.45) is -0.710. The van der Waals surface area contributed by atoms with Gasteiger partial charge in [-0.15, -0.1) is 0 Å². The van der Waals surface area contributed by atoms with Crippen LogP contribution < -0.4 is 5.32 Å². The quantitative estimate of drug-likeness (QED) is 0.326. The Morgan fingerprint density at radius 3 is 2.32 bits per heavy atom. The van der Waals surface area contributed by atoms with Crippen molar-refractivity contribution in [2.75, 3.05) is 18.1 Å². The van der Waals surface area contributed by atoms with Gasteiger partial charge in [0.05, 0.1) is 25.4 Å². The average molecular weight is 522 g/mol. The van der Waals surface area contributed by atoms with Gasteiger partial charge in [-0.1, -0.05) is 73.7 Å². The summed E-state index contributed by atoms with van der Waals surface area (Å²) in [6, 6.07) is 24.3. The normalized spacial score (nSPS) is 21.5. The molecular formula is C30H35NO5S. The Balaban J connectivity index is 1.54. The lowest BCUT2D eigenvalue weighted by molar-refractivity contribution is -0.268. The highest BCUT2D eigenvalue weighted by atomic mass is 32.2. The lowest BCUT2D eigenvalue weighted by Crippen LogP contribution is -2.38. The largest absolute Gasteiger partial charge is 0.396 e. The molecule has 1 fully saturated rings. The molecule has 0 radical (unpaired) electrons. The van der Waals surface area contributed by atoms with E-state index in [1.54, 1.807) is 11.8 Å². The number of benzene rings is 3. The van der Waals surface area contributed by atoms with Crippen LogP contribution in [0.25, 0.3) is 11.1 Å². The minimum Gasteiger partial charge on any atom is -0.396 e. The van der Waals surface area contributed by atoms with E-state index < -0.39 is 6.29 Å². The summed E-state index contributed by atoms with van der Waals surface area (Å²) < 4.78 is 13.0. The van der Waals surface area contributed by atoms with Crippen LogP contribution in [-0.4, -0.2) is 40.3 Å². The van der Waals surface area contributed by atoms with Crippen LogP contribution in [0.2, 0.25) is 0 Å². The number of hydrogen-bond acceptors (Lipinski definition) is 6. The maximum absolute atomic E-state index is 11.3. The molecule has 1 heterocycles. The maximum Gasteiger partial charge on any atom is 0.217 e. The van der Waals surface area contributed by atoms with Crippen molar-refractivity contribution < 1.29 is 24.5 Å². The molecule has 37 heavy (non-hydrogen) atoms. The van der Waals surface area contributed by atoms with Gasteiger partial charge in [-0.2, -0.15) is 11.8 Å². The Hall–Kier alpha value is -2.68. The summed E-state index contributed by atoms with van der Waals surface area (Å²) in [5, 5.41) is 21.5. The van der Waals surface area contributed by atoms with Crippen molar-refractivity contribution in [2.24, 2.45) is 5.92 Å². The number of carbonyl (C=O) groups excluding carboxylic acids is 1. The maximum atomic E-state index is 11.3. The molecule has 3 aromatic carbocycles. The summed E-state index contributed by atoms with van der Waals surface area (Å²) in [7, 11) is 0. The molecule has 0 spiro atoms. The van der Waals surface area contributed by atoms with Crippen molar-refractivity contribution in [1.82, 2.24) is 5.32 Å². The van der Waals surface area contributed by atoms with E-state index >= 15 is 0 Å². The van der Waals surface area contributed by atoms with Gasteiger partial charge in [0.1, 0.15) is 0 Å². The van der Waals surface area contributed by atoms with Crippen LogP contribution in [0.3, 0.4) is 0 Å². The molecular weight excluding hydrogens is 486 g/mol. The monoisotopic (exact) mass is 521 g/mol. The smallest absolute Gasteiger partial charge is 0.217 e. The van der Waals surface area contributed by atoms with Gasteiger partial charge in [0, 0.05) is 36.5 Å². The zero-order valence-electron chi connectivity index (χ0n) is 21.3. The van der Waals surface area contributed by atoms with Crippen molar-refractivity contribution in [3.63, 3.8) is 0 Å². The molecule has 4 atom stereocenters. The molecule has 3 N–H and O–H groups in total. The lowest BCUT2D eigenvalue weighted by Gasteiger charge is -2.41. The van der Waals surface area contributed by atoms with E-state index in [1.807, 2.05) is 48.5 Å². The first-order valence-corrected chi connectivity index (χ1v) is 13.8. The van der Waals surface area contributed by atoms with Crippen LogP contribution in [0.15, 0.2) is 72.8 Å². The van der Waals surface area contributed by atoms with Gasteiger partial charge in [-0.3, -0.25) is 4.79 Å². The molecule has 3 aromatic rings. The number of amides is 1. The molecule has 1 aliphatic rings. The molecule has 1 amide bonds. The summed E-state index contributed by atoms with van der Waals surface area (Å²) in [5.41, 5.74) is 6.06. The zero-order chi connectivity index (χ0) is 26.2. The molecule has 0 saturated carbocycles. The van der Waals surface area contributed by atoms with Gasteiger partial charge in [0.2, 0.25) is 5.91 Å². The Labute approximate surface area is 223 Å². The van der Waals surface area contributed by atoms with Crippen LogP contribution in [-0.2, 0) is 27.4 Å². The molecule has 4 rings (SSSR count). The number of aliphatic hydroxyl groups excluding tert-OH is 2. The van der Waals surface area contributed by atoms with Crippen LogP contribution in [0.5, 0.6) is 0 Å². The number of carbonyl (C=O) groups is 1. The second kappa shape index (κ2) is 13.2. The molecule has 196 valence electrons. The molecule has 1 saturated heterocycles. The van der Waals surface area contributed by atoms with E-state index in [2.05, 4.69) is 36.5 Å². The van der Waals surface area contributed by atoms with E-state index in [4.69, 9.17) is 9.47 Å². The summed E-state index contributed by atoms with van der Waals surface area (Å²) in [4.78, 5) is 11.3. The highest BCUT2D eigenvalue weighted by molar-refractivity contribution is 7.99.